The van der Waals surface area contributed by atoms with Crippen LogP contribution in [0.4, 0.5) is 0 Å². The summed E-state index contributed by atoms with van der Waals surface area (Å²) in [7, 11) is 0. The van der Waals surface area contributed by atoms with Gasteiger partial charge in [-0.25, -0.2) is 0 Å². The number of Topliss-reactive ketones (excluding diaryl/α,β-unsaturated/α-hetero) is 1. The van der Waals surface area contributed by atoms with E-state index in [0.29, 0.717) is 0 Å². The number of halogens is 1. The topological polar surface area (TPSA) is 17.1 Å². The number of carbonyl (C=O) groups is 1. The van der Waals surface area contributed by atoms with Crippen molar-refractivity contribution in [2.45, 2.75) is 6.92 Å². The van der Waals surface area contributed by atoms with Gasteiger partial charge in [-0.2, -0.15) is 0 Å². The molecular weight excluding hydrogens is 793 g/mol. The van der Waals surface area contributed by atoms with Gasteiger partial charge >= 0.3 is 292 Å². The van der Waals surface area contributed by atoms with Gasteiger partial charge in [-0.05, 0) is 0 Å². The molecule has 7 aromatic carbocycles. The van der Waals surface area contributed by atoms with Gasteiger partial charge in [0.1, 0.15) is 0 Å². The number of rotatable bonds is 10. The van der Waals surface area contributed by atoms with E-state index in [2.05, 4.69) is 206 Å². The van der Waals surface area contributed by atoms with Crippen LogP contribution in [0, 0.1) is 0 Å². The summed E-state index contributed by atoms with van der Waals surface area (Å²) in [5, 5.41) is 8.49. The summed E-state index contributed by atoms with van der Waals surface area (Å²) >= 11 is -1.96. The quantitative estimate of drug-likeness (QED) is 0.0777. The Morgan fingerprint density at radius 2 is 0.592 bits per heavy atom. The fourth-order valence-electron chi connectivity index (χ4n) is 6.72. The predicted octanol–water partition coefficient (Wildman–Crippen LogP) is 7.99. The van der Waals surface area contributed by atoms with E-state index in [4.69, 9.17) is 0 Å². The second-order valence-corrected chi connectivity index (χ2v) is 32.3. The van der Waals surface area contributed by atoms with Gasteiger partial charge in [-0.15, -0.1) is 17.0 Å². The molecule has 5 heteroatoms. The third-order valence-corrected chi connectivity index (χ3v) is 43.4. The van der Waals surface area contributed by atoms with E-state index in [1.54, 1.807) is 6.92 Å². The van der Waals surface area contributed by atoms with Crippen molar-refractivity contribution in [1.29, 1.82) is 0 Å². The molecule has 0 aromatic heterocycles. The number of carbonyl (C=O) groups excluding carboxylic acids is 1. The standard InChI is InChI=1S/2C18H15P.C8H7O.BrH.Pd/c2*1-4-10-16(11-5-1)19(17-12-6-2-7-13-17)18-14-8-3-9-15-18;1-7(9)8-5-3-2-4-6-8;;/h2*1-15H;3-6H,1H3;1H;/q;;;;-2/p+2. The average Bonchev–Trinajstić information content (AvgIpc) is 3.17. The minimum atomic E-state index is -2.93. The van der Waals surface area contributed by atoms with Crippen LogP contribution in [0.25, 0.3) is 0 Å². The van der Waals surface area contributed by atoms with E-state index in [-0.39, 0.29) is 22.8 Å². The van der Waals surface area contributed by atoms with E-state index in [1.165, 1.54) is 35.9 Å². The van der Waals surface area contributed by atoms with Crippen LogP contribution in [0.1, 0.15) is 17.3 Å². The van der Waals surface area contributed by atoms with Crippen molar-refractivity contribution in [3.8, 4) is 0 Å². The number of hydrogen-bond donors (Lipinski definition) is 0. The molecule has 0 atom stereocenters. The molecule has 7 rings (SSSR count). The minimum absolute atomic E-state index is 0. The molecule has 249 valence electrons. The Morgan fingerprint density at radius 1 is 0.367 bits per heavy atom. The van der Waals surface area contributed by atoms with Crippen molar-refractivity contribution in [3.63, 3.8) is 0 Å². The molecule has 0 aliphatic carbocycles. The van der Waals surface area contributed by atoms with Crippen LogP contribution in [0.2, 0.25) is 0 Å². The molecule has 49 heavy (non-hydrogen) atoms. The Balaban J connectivity index is 0.00000417. The Kier molecular flexibility index (Phi) is 11.3. The van der Waals surface area contributed by atoms with Crippen molar-refractivity contribution in [1.82, 2.24) is 0 Å². The maximum atomic E-state index is 12.7. The Morgan fingerprint density at radius 3 is 0.796 bits per heavy atom. The van der Waals surface area contributed by atoms with Gasteiger partial charge in [0.2, 0.25) is 0 Å². The van der Waals surface area contributed by atoms with Crippen molar-refractivity contribution >= 4 is 69.5 Å². The van der Waals surface area contributed by atoms with Crippen molar-refractivity contribution in [2.75, 3.05) is 0 Å². The SMILES string of the molecule is Br.CC(=O)c1cc[c]([Pd]([PH](c2ccccc2)(c2ccccc2)c2ccccc2)[PH](c2ccccc2)(c2ccccc2)c2ccccc2)cc1. The second-order valence-electron chi connectivity index (χ2n) is 11.7. The molecule has 0 amide bonds. The Bertz CT molecular complexity index is 1760. The fraction of sp³-hybridized carbons (Fsp3) is 0.0227. The Hall–Kier alpha value is -3.79. The molecule has 0 saturated heterocycles. The molecule has 7 aromatic rings. The molecule has 0 heterocycles. The first-order valence-corrected chi connectivity index (χ1v) is 25.3. The first-order valence-electron chi connectivity index (χ1n) is 16.2. The third-order valence-electron chi connectivity index (χ3n) is 8.81. The van der Waals surface area contributed by atoms with Gasteiger partial charge in [-0.1, -0.05) is 0 Å². The van der Waals surface area contributed by atoms with Crippen molar-refractivity contribution in [2.24, 2.45) is 0 Å². The van der Waals surface area contributed by atoms with Crippen molar-refractivity contribution in [3.05, 3.63) is 212 Å². The van der Waals surface area contributed by atoms with E-state index < -0.39 is 26.7 Å². The predicted molar refractivity (Wildman–Crippen MR) is 219 cm³/mol. The monoisotopic (exact) mass is 831 g/mol. The second kappa shape index (κ2) is 15.8. The molecule has 0 aliphatic heterocycles. The first kappa shape index (κ1) is 35.1. The van der Waals surface area contributed by atoms with Gasteiger partial charge in [0.25, 0.3) is 0 Å². The van der Waals surface area contributed by atoms with Crippen LogP contribution in [0.3, 0.4) is 0 Å². The van der Waals surface area contributed by atoms with Gasteiger partial charge in [0, 0.05) is 0 Å². The summed E-state index contributed by atoms with van der Waals surface area (Å²) in [4.78, 5) is 12.7. The first-order chi connectivity index (χ1) is 23.7. The summed E-state index contributed by atoms with van der Waals surface area (Å²) in [6.07, 6.45) is 0. The maximum absolute atomic E-state index is 12.7. The molecular formula is C44H40BrOP2Pd. The zero-order chi connectivity index (χ0) is 32.8. The fourth-order valence-corrected chi connectivity index (χ4v) is 52.0. The molecule has 1 nitrogen and oxygen atoms in total. The number of benzene rings is 7. The van der Waals surface area contributed by atoms with E-state index in [1.807, 2.05) is 0 Å². The summed E-state index contributed by atoms with van der Waals surface area (Å²) < 4.78 is 1.37. The summed E-state index contributed by atoms with van der Waals surface area (Å²) in [5.41, 5.74) is -5.11. The molecule has 0 unspecified atom stereocenters. The van der Waals surface area contributed by atoms with Gasteiger partial charge in [0.15, 0.2) is 0 Å². The summed E-state index contributed by atoms with van der Waals surface area (Å²) in [6, 6.07) is 77.0. The molecule has 0 fully saturated rings. The van der Waals surface area contributed by atoms with Gasteiger partial charge < -0.3 is 0 Å². The molecule has 0 N–H and O–H groups in total. The van der Waals surface area contributed by atoms with Crippen LogP contribution in [-0.2, 0) is 15.8 Å². The molecule has 0 aliphatic rings. The van der Waals surface area contributed by atoms with Crippen LogP contribution in [0.15, 0.2) is 206 Å². The number of hydrogen-bond acceptors (Lipinski definition) is 1. The van der Waals surface area contributed by atoms with Gasteiger partial charge in [0.05, 0.1) is 0 Å². The van der Waals surface area contributed by atoms with Crippen molar-refractivity contribution < 1.29 is 20.6 Å². The van der Waals surface area contributed by atoms with Crippen LogP contribution >= 0.6 is 27.9 Å². The zero-order valence-electron chi connectivity index (χ0n) is 27.3. The van der Waals surface area contributed by atoms with Crippen LogP contribution in [0.5, 0.6) is 0 Å². The molecule has 0 spiro atoms. The third kappa shape index (κ3) is 6.49. The Labute approximate surface area is 306 Å². The van der Waals surface area contributed by atoms with Crippen LogP contribution in [-0.4, -0.2) is 5.78 Å². The number of ketones is 1. The zero-order valence-corrected chi connectivity index (χ0v) is 32.5. The normalized spacial score (nSPS) is 12.3. The van der Waals surface area contributed by atoms with Gasteiger partial charge in [-0.3, -0.25) is 0 Å². The summed E-state index contributed by atoms with van der Waals surface area (Å²) in [6.45, 7) is 1.66. The molecule has 0 radical (unpaired) electrons. The summed E-state index contributed by atoms with van der Waals surface area (Å²) in [5.74, 6) is 0.0903. The molecule has 0 saturated carbocycles. The van der Waals surface area contributed by atoms with E-state index >= 15 is 0 Å². The van der Waals surface area contributed by atoms with E-state index in [0.717, 1.165) is 5.56 Å². The molecule has 0 bridgehead atoms. The van der Waals surface area contributed by atoms with Crippen LogP contribution < -0.4 is 35.9 Å². The van der Waals surface area contributed by atoms with E-state index in [9.17, 15) is 4.79 Å². The average molecular weight is 833 g/mol.